The standard InChI is InChI=1S/C20H23N3O2/c1-4-23-18-11-6-5-10-17(18)22-19(23)14(2)21-20(24)16-9-7-8-15(12-16)13-25-3/h5-12,14H,4,13H2,1-3H3,(H,21,24)/t14-/m1/s1. The molecule has 5 nitrogen and oxygen atoms in total. The van der Waals surface area contributed by atoms with Gasteiger partial charge in [-0.1, -0.05) is 24.3 Å². The third-order valence-electron chi connectivity index (χ3n) is 4.24. The van der Waals surface area contributed by atoms with Gasteiger partial charge in [-0.3, -0.25) is 4.79 Å². The molecule has 0 spiro atoms. The minimum Gasteiger partial charge on any atom is -0.380 e. The van der Waals surface area contributed by atoms with Crippen molar-refractivity contribution in [1.82, 2.24) is 14.9 Å². The van der Waals surface area contributed by atoms with Gasteiger partial charge in [-0.15, -0.1) is 0 Å². The number of para-hydroxylation sites is 2. The number of carbonyl (C=O) groups is 1. The van der Waals surface area contributed by atoms with Crippen molar-refractivity contribution in [2.45, 2.75) is 33.0 Å². The van der Waals surface area contributed by atoms with Crippen molar-refractivity contribution in [3.8, 4) is 0 Å². The number of aromatic nitrogens is 2. The fraction of sp³-hybridized carbons (Fsp3) is 0.300. The van der Waals surface area contributed by atoms with Crippen molar-refractivity contribution >= 4 is 16.9 Å². The molecule has 0 radical (unpaired) electrons. The molecule has 1 heterocycles. The molecule has 0 saturated carbocycles. The number of rotatable bonds is 6. The van der Waals surface area contributed by atoms with E-state index in [9.17, 15) is 4.79 Å². The molecule has 1 amide bonds. The van der Waals surface area contributed by atoms with Crippen LogP contribution in [0.25, 0.3) is 11.0 Å². The first-order chi connectivity index (χ1) is 12.1. The summed E-state index contributed by atoms with van der Waals surface area (Å²) in [6.45, 7) is 5.34. The topological polar surface area (TPSA) is 56.2 Å². The first-order valence-electron chi connectivity index (χ1n) is 8.48. The third kappa shape index (κ3) is 3.56. The number of hydrogen-bond donors (Lipinski definition) is 1. The number of fused-ring (bicyclic) bond motifs is 1. The summed E-state index contributed by atoms with van der Waals surface area (Å²) in [5.41, 5.74) is 3.63. The lowest BCUT2D eigenvalue weighted by Crippen LogP contribution is -2.28. The number of carbonyl (C=O) groups excluding carboxylic acids is 1. The van der Waals surface area contributed by atoms with E-state index in [0.717, 1.165) is 29.0 Å². The maximum Gasteiger partial charge on any atom is 0.251 e. The van der Waals surface area contributed by atoms with Gasteiger partial charge >= 0.3 is 0 Å². The maximum absolute atomic E-state index is 12.6. The Bertz CT molecular complexity index is 886. The van der Waals surface area contributed by atoms with Crippen LogP contribution in [-0.2, 0) is 17.9 Å². The zero-order valence-corrected chi connectivity index (χ0v) is 14.8. The normalized spacial score (nSPS) is 12.3. The quantitative estimate of drug-likeness (QED) is 0.746. The molecule has 130 valence electrons. The van der Waals surface area contributed by atoms with Gasteiger partial charge in [0, 0.05) is 19.2 Å². The molecular weight excluding hydrogens is 314 g/mol. The monoisotopic (exact) mass is 337 g/mol. The second kappa shape index (κ2) is 7.49. The molecule has 0 aliphatic rings. The Morgan fingerprint density at radius 2 is 2.04 bits per heavy atom. The van der Waals surface area contributed by atoms with Gasteiger partial charge in [0.25, 0.3) is 5.91 Å². The van der Waals surface area contributed by atoms with Crippen molar-refractivity contribution in [2.75, 3.05) is 7.11 Å². The number of hydrogen-bond acceptors (Lipinski definition) is 3. The fourth-order valence-corrected chi connectivity index (χ4v) is 3.07. The molecule has 0 aliphatic heterocycles. The van der Waals surface area contributed by atoms with Gasteiger partial charge < -0.3 is 14.6 Å². The van der Waals surface area contributed by atoms with E-state index in [2.05, 4.69) is 22.9 Å². The summed E-state index contributed by atoms with van der Waals surface area (Å²) in [7, 11) is 1.64. The molecule has 0 saturated heterocycles. The highest BCUT2D eigenvalue weighted by Gasteiger charge is 2.18. The van der Waals surface area contributed by atoms with Crippen molar-refractivity contribution in [3.05, 3.63) is 65.5 Å². The van der Waals surface area contributed by atoms with E-state index in [1.165, 1.54) is 0 Å². The van der Waals surface area contributed by atoms with E-state index >= 15 is 0 Å². The SMILES string of the molecule is CCn1c([C@@H](C)NC(=O)c2cccc(COC)c2)nc2ccccc21. The summed E-state index contributed by atoms with van der Waals surface area (Å²) in [6.07, 6.45) is 0. The van der Waals surface area contributed by atoms with Crippen LogP contribution >= 0.6 is 0 Å². The smallest absolute Gasteiger partial charge is 0.251 e. The molecule has 1 N–H and O–H groups in total. The molecule has 1 atom stereocenters. The van der Waals surface area contributed by atoms with Gasteiger partial charge in [-0.05, 0) is 43.7 Å². The Morgan fingerprint density at radius 1 is 1.24 bits per heavy atom. The summed E-state index contributed by atoms with van der Waals surface area (Å²) in [4.78, 5) is 17.3. The number of benzene rings is 2. The van der Waals surface area contributed by atoms with E-state index in [1.807, 2.05) is 49.4 Å². The van der Waals surface area contributed by atoms with E-state index in [1.54, 1.807) is 7.11 Å². The second-order valence-corrected chi connectivity index (χ2v) is 6.03. The second-order valence-electron chi connectivity index (χ2n) is 6.03. The number of aryl methyl sites for hydroxylation is 1. The van der Waals surface area contributed by atoms with Crippen LogP contribution in [0.3, 0.4) is 0 Å². The highest BCUT2D eigenvalue weighted by atomic mass is 16.5. The van der Waals surface area contributed by atoms with Gasteiger partial charge in [-0.25, -0.2) is 4.98 Å². The third-order valence-corrected chi connectivity index (χ3v) is 4.24. The lowest BCUT2D eigenvalue weighted by atomic mass is 10.1. The molecule has 3 aromatic rings. The highest BCUT2D eigenvalue weighted by molar-refractivity contribution is 5.94. The number of ether oxygens (including phenoxy) is 1. The molecule has 2 aromatic carbocycles. The van der Waals surface area contributed by atoms with E-state index < -0.39 is 0 Å². The van der Waals surface area contributed by atoms with Crippen LogP contribution in [0.1, 0.15) is 41.6 Å². The van der Waals surface area contributed by atoms with Gasteiger partial charge in [-0.2, -0.15) is 0 Å². The molecule has 0 fully saturated rings. The summed E-state index contributed by atoms with van der Waals surface area (Å²) in [6, 6.07) is 15.3. The zero-order chi connectivity index (χ0) is 17.8. The molecule has 0 bridgehead atoms. The van der Waals surface area contributed by atoms with Crippen molar-refractivity contribution in [1.29, 1.82) is 0 Å². The first-order valence-corrected chi connectivity index (χ1v) is 8.48. The Hall–Kier alpha value is -2.66. The Balaban J connectivity index is 1.83. The molecule has 1 aromatic heterocycles. The molecule has 5 heteroatoms. The van der Waals surface area contributed by atoms with E-state index in [4.69, 9.17) is 9.72 Å². The van der Waals surface area contributed by atoms with Gasteiger partial charge in [0.05, 0.1) is 23.7 Å². The largest absolute Gasteiger partial charge is 0.380 e. The number of nitrogens with zero attached hydrogens (tertiary/aromatic N) is 2. The van der Waals surface area contributed by atoms with Crippen LogP contribution in [0.5, 0.6) is 0 Å². The minimum absolute atomic E-state index is 0.111. The van der Waals surface area contributed by atoms with Crippen LogP contribution in [0, 0.1) is 0 Å². The predicted octanol–water partition coefficient (Wildman–Crippen LogP) is 3.69. The van der Waals surface area contributed by atoms with Crippen LogP contribution < -0.4 is 5.32 Å². The average molecular weight is 337 g/mol. The van der Waals surface area contributed by atoms with Crippen LogP contribution in [0.4, 0.5) is 0 Å². The first kappa shape index (κ1) is 17.2. The summed E-state index contributed by atoms with van der Waals surface area (Å²) < 4.78 is 7.27. The lowest BCUT2D eigenvalue weighted by molar-refractivity contribution is 0.0937. The van der Waals surface area contributed by atoms with Crippen LogP contribution in [-0.4, -0.2) is 22.6 Å². The van der Waals surface area contributed by atoms with Crippen molar-refractivity contribution < 1.29 is 9.53 Å². The van der Waals surface area contributed by atoms with Crippen LogP contribution in [0.15, 0.2) is 48.5 Å². The van der Waals surface area contributed by atoms with Gasteiger partial charge in [0.15, 0.2) is 0 Å². The average Bonchev–Trinajstić information content (AvgIpc) is 3.01. The Morgan fingerprint density at radius 3 is 2.80 bits per heavy atom. The van der Waals surface area contributed by atoms with E-state index in [0.29, 0.717) is 12.2 Å². The lowest BCUT2D eigenvalue weighted by Gasteiger charge is -2.15. The molecule has 3 rings (SSSR count). The Labute approximate surface area is 147 Å². The van der Waals surface area contributed by atoms with Crippen molar-refractivity contribution in [3.63, 3.8) is 0 Å². The van der Waals surface area contributed by atoms with E-state index in [-0.39, 0.29) is 11.9 Å². The molecule has 0 aliphatic carbocycles. The zero-order valence-electron chi connectivity index (χ0n) is 14.8. The highest BCUT2D eigenvalue weighted by Crippen LogP contribution is 2.21. The number of nitrogens with one attached hydrogen (secondary N) is 1. The summed E-state index contributed by atoms with van der Waals surface area (Å²) >= 11 is 0. The molecular formula is C20H23N3O2. The summed E-state index contributed by atoms with van der Waals surface area (Å²) in [5, 5.41) is 3.05. The minimum atomic E-state index is -0.189. The Kier molecular flexibility index (Phi) is 5.14. The van der Waals surface area contributed by atoms with Gasteiger partial charge in [0.1, 0.15) is 5.82 Å². The van der Waals surface area contributed by atoms with Crippen molar-refractivity contribution in [2.24, 2.45) is 0 Å². The summed E-state index contributed by atoms with van der Waals surface area (Å²) in [5.74, 6) is 0.755. The predicted molar refractivity (Wildman–Crippen MR) is 98.4 cm³/mol. The van der Waals surface area contributed by atoms with Gasteiger partial charge in [0.2, 0.25) is 0 Å². The van der Waals surface area contributed by atoms with Crippen LogP contribution in [0.2, 0.25) is 0 Å². The number of amides is 1. The number of imidazole rings is 1. The molecule has 25 heavy (non-hydrogen) atoms. The maximum atomic E-state index is 12.6. The molecule has 0 unspecified atom stereocenters. The fourth-order valence-electron chi connectivity index (χ4n) is 3.07. The number of methoxy groups -OCH3 is 1.